The number of rotatable bonds is 6. The molecule has 3 aromatic rings. The molecule has 0 bridgehead atoms. The number of benzene rings is 2. The van der Waals surface area contributed by atoms with E-state index in [9.17, 15) is 14.4 Å². The van der Waals surface area contributed by atoms with Crippen LogP contribution in [0.5, 0.6) is 0 Å². The lowest BCUT2D eigenvalue weighted by molar-refractivity contribution is -0.124. The molecule has 8 heteroatoms. The minimum atomic E-state index is -1.04. The van der Waals surface area contributed by atoms with Gasteiger partial charge in [0.2, 0.25) is 0 Å². The van der Waals surface area contributed by atoms with Crippen LogP contribution in [0.25, 0.3) is 11.1 Å². The molecule has 2 aromatic carbocycles. The third-order valence-corrected chi connectivity index (χ3v) is 3.93. The number of fused-ring (bicyclic) bond motifs is 1. The van der Waals surface area contributed by atoms with Gasteiger partial charge in [-0.15, -0.1) is 0 Å². The molecule has 0 aliphatic rings. The molecule has 1 aromatic heterocycles. The van der Waals surface area contributed by atoms with Gasteiger partial charge >= 0.3 is 5.97 Å². The summed E-state index contributed by atoms with van der Waals surface area (Å²) in [5.74, 6) is -1.89. The maximum Gasteiger partial charge on any atom is 0.338 e. The van der Waals surface area contributed by atoms with Crippen molar-refractivity contribution in [2.45, 2.75) is 19.4 Å². The van der Waals surface area contributed by atoms with Gasteiger partial charge in [0.25, 0.3) is 11.8 Å². The highest BCUT2D eigenvalue weighted by atomic mass is 16.5. The van der Waals surface area contributed by atoms with Gasteiger partial charge in [0.1, 0.15) is 5.52 Å². The van der Waals surface area contributed by atoms with Crippen molar-refractivity contribution in [3.05, 3.63) is 60.0 Å². The molecule has 2 amide bonds. The van der Waals surface area contributed by atoms with Crippen molar-refractivity contribution in [1.82, 2.24) is 4.98 Å². The first-order chi connectivity index (χ1) is 13.0. The molecule has 138 valence electrons. The lowest BCUT2D eigenvalue weighted by Crippen LogP contribution is -2.32. The molecule has 1 heterocycles. The number of hydrogen-bond acceptors (Lipinski definition) is 6. The monoisotopic (exact) mass is 367 g/mol. The van der Waals surface area contributed by atoms with Crippen LogP contribution in [0.4, 0.5) is 5.69 Å². The molecule has 8 nitrogen and oxygen atoms in total. The molecule has 0 radical (unpaired) electrons. The number of oxazole rings is 1. The summed E-state index contributed by atoms with van der Waals surface area (Å²) in [5.41, 5.74) is 7.03. The van der Waals surface area contributed by atoms with E-state index in [2.05, 4.69) is 10.3 Å². The van der Waals surface area contributed by atoms with Crippen LogP contribution in [0.1, 0.15) is 34.1 Å². The second-order valence-corrected chi connectivity index (χ2v) is 5.74. The maximum absolute atomic E-state index is 12.5. The largest absolute Gasteiger partial charge is 0.449 e. The van der Waals surface area contributed by atoms with Crippen LogP contribution >= 0.6 is 0 Å². The van der Waals surface area contributed by atoms with E-state index < -0.39 is 23.9 Å². The Bertz CT molecular complexity index is 1010. The zero-order valence-corrected chi connectivity index (χ0v) is 14.5. The van der Waals surface area contributed by atoms with Crippen molar-refractivity contribution in [3.8, 4) is 0 Å². The van der Waals surface area contributed by atoms with Gasteiger partial charge < -0.3 is 20.2 Å². The number of para-hydroxylation sites is 1. The molecule has 3 N–H and O–H groups in total. The molecule has 3 rings (SSSR count). The smallest absolute Gasteiger partial charge is 0.338 e. The van der Waals surface area contributed by atoms with Crippen LogP contribution in [0.3, 0.4) is 0 Å². The molecule has 1 atom stereocenters. The molecule has 0 saturated carbocycles. The van der Waals surface area contributed by atoms with Crippen molar-refractivity contribution in [2.75, 3.05) is 5.32 Å². The Balaban J connectivity index is 1.73. The minimum Gasteiger partial charge on any atom is -0.449 e. The van der Waals surface area contributed by atoms with E-state index in [4.69, 9.17) is 14.9 Å². The van der Waals surface area contributed by atoms with Gasteiger partial charge in [-0.3, -0.25) is 9.59 Å². The molecule has 0 aliphatic carbocycles. The van der Waals surface area contributed by atoms with Gasteiger partial charge in [0, 0.05) is 0 Å². The van der Waals surface area contributed by atoms with Gasteiger partial charge in [-0.2, -0.15) is 0 Å². The fraction of sp³-hybridized carbons (Fsp3) is 0.158. The summed E-state index contributed by atoms with van der Waals surface area (Å²) in [7, 11) is 0. The summed E-state index contributed by atoms with van der Waals surface area (Å²) in [6.07, 6.45) is 0.493. The zero-order valence-electron chi connectivity index (χ0n) is 14.5. The van der Waals surface area contributed by atoms with Crippen LogP contribution in [-0.4, -0.2) is 28.9 Å². The van der Waals surface area contributed by atoms with Crippen LogP contribution < -0.4 is 11.1 Å². The number of aromatic nitrogens is 1. The first kappa shape index (κ1) is 18.1. The highest BCUT2D eigenvalue weighted by Crippen LogP contribution is 2.18. The van der Waals surface area contributed by atoms with Gasteiger partial charge in [0.05, 0.1) is 16.8 Å². The third-order valence-electron chi connectivity index (χ3n) is 3.93. The number of carbonyl (C=O) groups is 3. The number of ether oxygens (including phenoxy) is 1. The SMILES string of the molecule is CCC(OC(=O)c1ccc2ocnc2c1)C(=O)Nc1ccccc1C(N)=O. The molecule has 0 spiro atoms. The zero-order chi connectivity index (χ0) is 19.4. The number of amides is 2. The van der Waals surface area contributed by atoms with Gasteiger partial charge in [0.15, 0.2) is 18.1 Å². The van der Waals surface area contributed by atoms with Crippen LogP contribution in [-0.2, 0) is 9.53 Å². The Morgan fingerprint density at radius 2 is 2.00 bits per heavy atom. The summed E-state index contributed by atoms with van der Waals surface area (Å²) in [4.78, 5) is 40.3. The molecule has 0 fully saturated rings. The van der Waals surface area contributed by atoms with E-state index in [1.165, 1.54) is 24.6 Å². The second kappa shape index (κ2) is 7.69. The summed E-state index contributed by atoms with van der Waals surface area (Å²) >= 11 is 0. The number of carbonyl (C=O) groups excluding carboxylic acids is 3. The van der Waals surface area contributed by atoms with E-state index in [-0.39, 0.29) is 23.2 Å². The number of nitrogens with one attached hydrogen (secondary N) is 1. The van der Waals surface area contributed by atoms with E-state index in [1.54, 1.807) is 31.2 Å². The minimum absolute atomic E-state index is 0.170. The summed E-state index contributed by atoms with van der Waals surface area (Å²) in [6.45, 7) is 1.71. The summed E-state index contributed by atoms with van der Waals surface area (Å²) < 4.78 is 10.4. The number of esters is 1. The van der Waals surface area contributed by atoms with Crippen molar-refractivity contribution in [2.24, 2.45) is 5.73 Å². The van der Waals surface area contributed by atoms with Crippen molar-refractivity contribution in [1.29, 1.82) is 0 Å². The fourth-order valence-electron chi connectivity index (χ4n) is 2.52. The van der Waals surface area contributed by atoms with Crippen molar-refractivity contribution in [3.63, 3.8) is 0 Å². The Kier molecular flexibility index (Phi) is 5.16. The highest BCUT2D eigenvalue weighted by molar-refractivity contribution is 6.04. The van der Waals surface area contributed by atoms with E-state index in [0.717, 1.165) is 0 Å². The normalized spacial score (nSPS) is 11.7. The summed E-state index contributed by atoms with van der Waals surface area (Å²) in [5, 5.41) is 2.58. The molecule has 1 unspecified atom stereocenters. The fourth-order valence-corrected chi connectivity index (χ4v) is 2.52. The van der Waals surface area contributed by atoms with Crippen LogP contribution in [0.15, 0.2) is 53.3 Å². The first-order valence-corrected chi connectivity index (χ1v) is 8.23. The number of anilines is 1. The molecular weight excluding hydrogens is 350 g/mol. The predicted octanol–water partition coefficient (Wildman–Crippen LogP) is 2.50. The maximum atomic E-state index is 12.5. The van der Waals surface area contributed by atoms with Gasteiger partial charge in [-0.05, 0) is 36.8 Å². The van der Waals surface area contributed by atoms with E-state index >= 15 is 0 Å². The number of nitrogens with zero attached hydrogens (tertiary/aromatic N) is 1. The van der Waals surface area contributed by atoms with Crippen LogP contribution in [0, 0.1) is 0 Å². The number of nitrogens with two attached hydrogens (primary N) is 1. The summed E-state index contributed by atoms with van der Waals surface area (Å²) in [6, 6.07) is 11.0. The van der Waals surface area contributed by atoms with Gasteiger partial charge in [-0.1, -0.05) is 19.1 Å². The molecule has 0 saturated heterocycles. The average Bonchev–Trinajstić information content (AvgIpc) is 3.13. The van der Waals surface area contributed by atoms with Gasteiger partial charge in [-0.25, -0.2) is 9.78 Å². The average molecular weight is 367 g/mol. The lowest BCUT2D eigenvalue weighted by Gasteiger charge is -2.17. The second-order valence-electron chi connectivity index (χ2n) is 5.74. The van der Waals surface area contributed by atoms with Crippen molar-refractivity contribution < 1.29 is 23.5 Å². The highest BCUT2D eigenvalue weighted by Gasteiger charge is 2.23. The van der Waals surface area contributed by atoms with Crippen molar-refractivity contribution >= 4 is 34.6 Å². The lowest BCUT2D eigenvalue weighted by atomic mass is 10.1. The Morgan fingerprint density at radius 3 is 2.74 bits per heavy atom. The Labute approximate surface area is 154 Å². The quantitative estimate of drug-likeness (QED) is 0.645. The number of hydrogen-bond donors (Lipinski definition) is 2. The topological polar surface area (TPSA) is 125 Å². The predicted molar refractivity (Wildman–Crippen MR) is 97.1 cm³/mol. The molecule has 0 aliphatic heterocycles. The molecule has 27 heavy (non-hydrogen) atoms. The standard InChI is InChI=1S/C19H17N3O5/c1-2-15(18(24)22-13-6-4-3-5-12(13)17(20)23)27-19(25)11-7-8-16-14(9-11)21-10-26-16/h3-10,15H,2H2,1H3,(H2,20,23)(H,22,24). The third kappa shape index (κ3) is 3.95. The van der Waals surface area contributed by atoms with Crippen LogP contribution in [0.2, 0.25) is 0 Å². The first-order valence-electron chi connectivity index (χ1n) is 8.23. The Morgan fingerprint density at radius 1 is 1.22 bits per heavy atom. The van der Waals surface area contributed by atoms with E-state index in [0.29, 0.717) is 11.1 Å². The number of primary amides is 1. The molecular formula is C19H17N3O5. The van der Waals surface area contributed by atoms with E-state index in [1.807, 2.05) is 0 Å². The Hall–Kier alpha value is -3.68.